The minimum absolute atomic E-state index is 0.0107. The summed E-state index contributed by atoms with van der Waals surface area (Å²) in [6, 6.07) is 12.8. The van der Waals surface area contributed by atoms with Gasteiger partial charge in [-0.25, -0.2) is 4.79 Å². The Morgan fingerprint density at radius 2 is 1.68 bits per heavy atom. The zero-order valence-corrected chi connectivity index (χ0v) is 18.4. The van der Waals surface area contributed by atoms with Crippen LogP contribution in [0.2, 0.25) is 0 Å². The van der Waals surface area contributed by atoms with E-state index in [0.717, 1.165) is 5.56 Å². The zero-order chi connectivity index (χ0) is 24.8. The molecule has 0 fully saturated rings. The number of oxime groups is 1. The normalized spacial score (nSPS) is 11.2. The van der Waals surface area contributed by atoms with Crippen LogP contribution in [0, 0.1) is 24.0 Å². The van der Waals surface area contributed by atoms with Gasteiger partial charge in [0.05, 0.1) is 17.0 Å². The van der Waals surface area contributed by atoms with Crippen LogP contribution < -0.4 is 16.2 Å². The van der Waals surface area contributed by atoms with Crippen LogP contribution >= 0.6 is 0 Å². The lowest BCUT2D eigenvalue weighted by atomic mass is 10.1. The number of hydrogen-bond acceptors (Lipinski definition) is 8. The molecule has 0 bridgehead atoms. The fourth-order valence-corrected chi connectivity index (χ4v) is 3.10. The molecule has 0 radical (unpaired) electrons. The quantitative estimate of drug-likeness (QED) is 0.157. The summed E-state index contributed by atoms with van der Waals surface area (Å²) in [6.45, 7) is 3.27. The van der Waals surface area contributed by atoms with Gasteiger partial charge in [-0.15, -0.1) is 0 Å². The van der Waals surface area contributed by atoms with Crippen LogP contribution in [-0.4, -0.2) is 39.0 Å². The van der Waals surface area contributed by atoms with Gasteiger partial charge in [-0.05, 0) is 55.8 Å². The number of ether oxygens (including phenoxy) is 1. The maximum atomic E-state index is 12.3. The second kappa shape index (κ2) is 10.3. The van der Waals surface area contributed by atoms with Gasteiger partial charge < -0.3 is 21.0 Å². The van der Waals surface area contributed by atoms with Crippen LogP contribution in [0.25, 0.3) is 0 Å². The molecule has 0 atom stereocenters. The van der Waals surface area contributed by atoms with E-state index in [-0.39, 0.29) is 23.7 Å². The number of carbonyl (C=O) groups is 2. The Hall–Kier alpha value is -4.74. The smallest absolute Gasteiger partial charge is 0.365 e. The van der Waals surface area contributed by atoms with Crippen molar-refractivity contribution in [2.45, 2.75) is 20.4 Å². The van der Waals surface area contributed by atoms with Gasteiger partial charge in [0, 0.05) is 5.56 Å². The SMILES string of the molecule is Cc1nn(Cc2ccc(C(=O)O/N=C(\N)c3ccc(OCC(N)=O)cc3)cc2)c(C)c1[N+](=O)[O-]. The maximum absolute atomic E-state index is 12.3. The van der Waals surface area contributed by atoms with Gasteiger partial charge in [-0.3, -0.25) is 19.6 Å². The first-order valence-electron chi connectivity index (χ1n) is 9.99. The van der Waals surface area contributed by atoms with Gasteiger partial charge in [-0.1, -0.05) is 17.3 Å². The van der Waals surface area contributed by atoms with E-state index >= 15 is 0 Å². The highest BCUT2D eigenvalue weighted by Crippen LogP contribution is 2.22. The molecule has 3 aromatic rings. The predicted molar refractivity (Wildman–Crippen MR) is 121 cm³/mol. The van der Waals surface area contributed by atoms with Crippen LogP contribution in [0.5, 0.6) is 5.75 Å². The molecule has 1 amide bonds. The number of aryl methyl sites for hydroxylation is 1. The van der Waals surface area contributed by atoms with E-state index in [1.165, 1.54) is 4.68 Å². The summed E-state index contributed by atoms with van der Waals surface area (Å²) in [6.07, 6.45) is 0. The van der Waals surface area contributed by atoms with E-state index in [0.29, 0.717) is 29.2 Å². The number of nitrogens with zero attached hydrogens (tertiary/aromatic N) is 4. The van der Waals surface area contributed by atoms with Gasteiger partial charge in [0.15, 0.2) is 12.4 Å². The van der Waals surface area contributed by atoms with E-state index in [9.17, 15) is 19.7 Å². The molecule has 0 aliphatic heterocycles. The summed E-state index contributed by atoms with van der Waals surface area (Å²) in [4.78, 5) is 38.7. The number of primary amides is 1. The van der Waals surface area contributed by atoms with Crippen molar-refractivity contribution in [2.75, 3.05) is 6.61 Å². The Labute approximate surface area is 193 Å². The van der Waals surface area contributed by atoms with Crippen LogP contribution in [-0.2, 0) is 16.2 Å². The highest BCUT2D eigenvalue weighted by atomic mass is 16.7. The van der Waals surface area contributed by atoms with Crippen molar-refractivity contribution in [1.29, 1.82) is 0 Å². The second-order valence-electron chi connectivity index (χ2n) is 7.27. The number of nitrogens with two attached hydrogens (primary N) is 2. The molecule has 0 aliphatic rings. The van der Waals surface area contributed by atoms with Gasteiger partial charge in [0.2, 0.25) is 0 Å². The number of amidine groups is 1. The molecule has 1 heterocycles. The molecule has 0 saturated carbocycles. The van der Waals surface area contributed by atoms with E-state index in [4.69, 9.17) is 21.0 Å². The lowest BCUT2D eigenvalue weighted by molar-refractivity contribution is -0.386. The molecule has 12 heteroatoms. The van der Waals surface area contributed by atoms with Crippen LogP contribution in [0.4, 0.5) is 5.69 Å². The fraction of sp³-hybridized carbons (Fsp3) is 0.182. The van der Waals surface area contributed by atoms with E-state index in [1.54, 1.807) is 62.4 Å². The van der Waals surface area contributed by atoms with E-state index < -0.39 is 16.8 Å². The van der Waals surface area contributed by atoms with Crippen molar-refractivity contribution in [3.8, 4) is 5.75 Å². The van der Waals surface area contributed by atoms with Gasteiger partial charge >= 0.3 is 11.7 Å². The average molecular weight is 466 g/mol. The maximum Gasteiger partial charge on any atom is 0.365 e. The third-order valence-electron chi connectivity index (χ3n) is 4.81. The molecular weight excluding hydrogens is 444 g/mol. The van der Waals surface area contributed by atoms with E-state index in [2.05, 4.69) is 10.3 Å². The third-order valence-corrected chi connectivity index (χ3v) is 4.81. The van der Waals surface area contributed by atoms with Crippen molar-refractivity contribution < 1.29 is 24.1 Å². The van der Waals surface area contributed by atoms with Gasteiger partial charge in [0.25, 0.3) is 5.91 Å². The highest BCUT2D eigenvalue weighted by molar-refractivity contribution is 5.98. The number of nitro groups is 1. The van der Waals surface area contributed by atoms with Crippen molar-refractivity contribution >= 4 is 23.4 Å². The van der Waals surface area contributed by atoms with Gasteiger partial charge in [0.1, 0.15) is 17.1 Å². The number of aromatic nitrogens is 2. The number of carbonyl (C=O) groups excluding carboxylic acids is 2. The third kappa shape index (κ3) is 5.73. The fourth-order valence-electron chi connectivity index (χ4n) is 3.10. The first-order valence-corrected chi connectivity index (χ1v) is 9.99. The molecule has 176 valence electrons. The molecule has 4 N–H and O–H groups in total. The topological polar surface area (TPSA) is 178 Å². The van der Waals surface area contributed by atoms with E-state index in [1.807, 2.05) is 0 Å². The summed E-state index contributed by atoms with van der Waals surface area (Å²) >= 11 is 0. The second-order valence-corrected chi connectivity index (χ2v) is 7.27. The molecule has 3 rings (SSSR count). The largest absolute Gasteiger partial charge is 0.484 e. The molecule has 2 aromatic carbocycles. The van der Waals surface area contributed by atoms with Gasteiger partial charge in [-0.2, -0.15) is 5.10 Å². The standard InChI is InChI=1S/C22H22N6O6/c1-13-20(28(31)32)14(2)27(25-13)11-15-3-5-17(6-4-15)22(30)34-26-21(24)16-7-9-18(10-8-16)33-12-19(23)29/h3-10H,11-12H2,1-2H3,(H2,23,29)(H2,24,26). The Kier molecular flexibility index (Phi) is 7.21. The molecule has 0 spiro atoms. The lowest BCUT2D eigenvalue weighted by Gasteiger charge is -2.06. The molecular formula is C22H22N6O6. The summed E-state index contributed by atoms with van der Waals surface area (Å²) in [5, 5.41) is 19.0. The number of rotatable bonds is 9. The number of hydrogen-bond donors (Lipinski definition) is 2. The lowest BCUT2D eigenvalue weighted by Crippen LogP contribution is -2.20. The summed E-state index contributed by atoms with van der Waals surface area (Å²) in [7, 11) is 0. The Bertz CT molecular complexity index is 1250. The first kappa shape index (κ1) is 23.9. The zero-order valence-electron chi connectivity index (χ0n) is 18.4. The molecule has 34 heavy (non-hydrogen) atoms. The Morgan fingerprint density at radius 3 is 2.24 bits per heavy atom. The molecule has 0 aliphatic carbocycles. The van der Waals surface area contributed by atoms with Crippen molar-refractivity contribution in [3.63, 3.8) is 0 Å². The van der Waals surface area contributed by atoms with Crippen molar-refractivity contribution in [1.82, 2.24) is 9.78 Å². The molecule has 1 aromatic heterocycles. The Balaban J connectivity index is 1.61. The predicted octanol–water partition coefficient (Wildman–Crippen LogP) is 1.80. The highest BCUT2D eigenvalue weighted by Gasteiger charge is 2.21. The van der Waals surface area contributed by atoms with Crippen LogP contribution in [0.1, 0.15) is 32.9 Å². The van der Waals surface area contributed by atoms with Crippen LogP contribution in [0.15, 0.2) is 53.7 Å². The summed E-state index contributed by atoms with van der Waals surface area (Å²) in [5.74, 6) is -0.918. The van der Waals surface area contributed by atoms with Crippen LogP contribution in [0.3, 0.4) is 0 Å². The molecule has 0 saturated heterocycles. The number of benzene rings is 2. The Morgan fingerprint density at radius 1 is 1.06 bits per heavy atom. The first-order chi connectivity index (χ1) is 16.2. The monoisotopic (exact) mass is 466 g/mol. The van der Waals surface area contributed by atoms with Crippen molar-refractivity contribution in [3.05, 3.63) is 86.7 Å². The average Bonchev–Trinajstić information content (AvgIpc) is 3.09. The summed E-state index contributed by atoms with van der Waals surface area (Å²) < 4.78 is 6.69. The number of amides is 1. The summed E-state index contributed by atoms with van der Waals surface area (Å²) in [5.41, 5.74) is 13.2. The minimum Gasteiger partial charge on any atom is -0.484 e. The molecule has 12 nitrogen and oxygen atoms in total. The minimum atomic E-state index is -0.710. The molecule has 0 unspecified atom stereocenters. The van der Waals surface area contributed by atoms with Crippen molar-refractivity contribution in [2.24, 2.45) is 16.6 Å².